The van der Waals surface area contributed by atoms with Crippen molar-refractivity contribution < 1.29 is 14.4 Å². The van der Waals surface area contributed by atoms with Gasteiger partial charge in [-0.2, -0.15) is 0 Å². The van der Waals surface area contributed by atoms with Crippen LogP contribution in [-0.4, -0.2) is 22.7 Å². The number of pyridine rings is 1. The molecular weight excluding hydrogens is 342 g/mol. The van der Waals surface area contributed by atoms with Crippen molar-refractivity contribution >= 4 is 23.4 Å². The SMILES string of the molecule is O=C(NCc1ccccn1)c1ccc2c(c1)C(=O)N(c1ccccc1)C2=O. The number of imide groups is 1. The predicted molar refractivity (Wildman–Crippen MR) is 99.4 cm³/mol. The van der Waals surface area contributed by atoms with Crippen molar-refractivity contribution in [1.29, 1.82) is 0 Å². The van der Waals surface area contributed by atoms with E-state index >= 15 is 0 Å². The van der Waals surface area contributed by atoms with Gasteiger partial charge in [-0.3, -0.25) is 19.4 Å². The van der Waals surface area contributed by atoms with E-state index in [2.05, 4.69) is 10.3 Å². The van der Waals surface area contributed by atoms with E-state index in [4.69, 9.17) is 0 Å². The number of hydrogen-bond donors (Lipinski definition) is 1. The van der Waals surface area contributed by atoms with Crippen LogP contribution in [0.5, 0.6) is 0 Å². The van der Waals surface area contributed by atoms with Crippen molar-refractivity contribution in [2.24, 2.45) is 0 Å². The number of hydrogen-bond acceptors (Lipinski definition) is 4. The molecular formula is C21H15N3O3. The zero-order chi connectivity index (χ0) is 18.8. The first-order chi connectivity index (χ1) is 13.1. The van der Waals surface area contributed by atoms with Crippen LogP contribution >= 0.6 is 0 Å². The second-order valence-electron chi connectivity index (χ2n) is 6.05. The van der Waals surface area contributed by atoms with Gasteiger partial charge < -0.3 is 5.32 Å². The Morgan fingerprint density at radius 1 is 0.889 bits per heavy atom. The number of amides is 3. The number of fused-ring (bicyclic) bond motifs is 1. The minimum absolute atomic E-state index is 0.231. The van der Waals surface area contributed by atoms with Crippen molar-refractivity contribution in [3.05, 3.63) is 95.3 Å². The lowest BCUT2D eigenvalue weighted by Gasteiger charge is -2.13. The molecule has 0 fully saturated rings. The van der Waals surface area contributed by atoms with E-state index in [1.54, 1.807) is 42.6 Å². The third-order valence-electron chi connectivity index (χ3n) is 4.32. The van der Waals surface area contributed by atoms with Crippen molar-refractivity contribution in [2.45, 2.75) is 6.54 Å². The highest BCUT2D eigenvalue weighted by Crippen LogP contribution is 2.28. The van der Waals surface area contributed by atoms with Gasteiger partial charge >= 0.3 is 0 Å². The van der Waals surface area contributed by atoms with Crippen LogP contribution < -0.4 is 10.2 Å². The summed E-state index contributed by atoms with van der Waals surface area (Å²) in [5.74, 6) is -1.15. The molecule has 1 aliphatic heterocycles. The number of aromatic nitrogens is 1. The summed E-state index contributed by atoms with van der Waals surface area (Å²) < 4.78 is 0. The molecule has 3 amide bonds. The van der Waals surface area contributed by atoms with Crippen molar-refractivity contribution in [2.75, 3.05) is 4.90 Å². The van der Waals surface area contributed by atoms with Crippen LogP contribution in [0.3, 0.4) is 0 Å². The minimum Gasteiger partial charge on any atom is -0.346 e. The van der Waals surface area contributed by atoms with E-state index in [0.29, 0.717) is 16.8 Å². The zero-order valence-electron chi connectivity index (χ0n) is 14.3. The predicted octanol–water partition coefficient (Wildman–Crippen LogP) is 2.81. The second-order valence-corrected chi connectivity index (χ2v) is 6.05. The number of carbonyl (C=O) groups excluding carboxylic acids is 3. The van der Waals surface area contributed by atoms with Crippen molar-refractivity contribution in [3.63, 3.8) is 0 Å². The topological polar surface area (TPSA) is 79.4 Å². The summed E-state index contributed by atoms with van der Waals surface area (Å²) >= 11 is 0. The summed E-state index contributed by atoms with van der Waals surface area (Å²) in [5.41, 5.74) is 2.08. The summed E-state index contributed by atoms with van der Waals surface area (Å²) in [7, 11) is 0. The molecule has 0 unspecified atom stereocenters. The molecule has 3 aromatic rings. The molecule has 0 aliphatic carbocycles. The largest absolute Gasteiger partial charge is 0.346 e. The average molecular weight is 357 g/mol. The average Bonchev–Trinajstić information content (AvgIpc) is 2.97. The quantitative estimate of drug-likeness (QED) is 0.728. The molecule has 0 saturated carbocycles. The summed E-state index contributed by atoms with van der Waals surface area (Å²) in [6.45, 7) is 0.278. The number of anilines is 1. The minimum atomic E-state index is -0.430. The molecule has 2 aromatic carbocycles. The molecule has 27 heavy (non-hydrogen) atoms. The van der Waals surface area contributed by atoms with Crippen LogP contribution in [0.2, 0.25) is 0 Å². The van der Waals surface area contributed by atoms with E-state index in [0.717, 1.165) is 10.6 Å². The van der Waals surface area contributed by atoms with E-state index in [9.17, 15) is 14.4 Å². The molecule has 0 bridgehead atoms. The van der Waals surface area contributed by atoms with Crippen molar-refractivity contribution in [3.8, 4) is 0 Å². The Morgan fingerprint density at radius 2 is 1.63 bits per heavy atom. The fraction of sp³-hybridized carbons (Fsp3) is 0.0476. The first kappa shape index (κ1) is 16.7. The van der Waals surface area contributed by atoms with Crippen LogP contribution in [0.4, 0.5) is 5.69 Å². The number of rotatable bonds is 4. The Labute approximate surface area is 155 Å². The number of carbonyl (C=O) groups is 3. The standard InChI is InChI=1S/C21H15N3O3/c25-19(23-13-15-6-4-5-11-22-15)14-9-10-17-18(12-14)21(27)24(20(17)26)16-7-2-1-3-8-16/h1-12H,13H2,(H,23,25). The van der Waals surface area contributed by atoms with Gasteiger partial charge in [0, 0.05) is 11.8 Å². The summed E-state index contributed by atoms with van der Waals surface area (Å²) in [6.07, 6.45) is 1.65. The van der Waals surface area contributed by atoms with Gasteiger partial charge in [-0.25, -0.2) is 4.90 Å². The van der Waals surface area contributed by atoms with Gasteiger partial charge in [0.2, 0.25) is 0 Å². The smallest absolute Gasteiger partial charge is 0.266 e. The third kappa shape index (κ3) is 3.08. The van der Waals surface area contributed by atoms with Gasteiger partial charge in [0.25, 0.3) is 17.7 Å². The maximum atomic E-state index is 12.7. The third-order valence-corrected chi connectivity index (χ3v) is 4.32. The lowest BCUT2D eigenvalue weighted by atomic mass is 10.1. The Hall–Kier alpha value is -3.80. The van der Waals surface area contributed by atoms with Gasteiger partial charge in [0.1, 0.15) is 0 Å². The molecule has 6 nitrogen and oxygen atoms in total. The van der Waals surface area contributed by atoms with E-state index in [1.807, 2.05) is 18.2 Å². The van der Waals surface area contributed by atoms with Crippen LogP contribution in [0.25, 0.3) is 0 Å². The van der Waals surface area contributed by atoms with Crippen LogP contribution in [0.15, 0.2) is 72.9 Å². The van der Waals surface area contributed by atoms with E-state index < -0.39 is 5.91 Å². The lowest BCUT2D eigenvalue weighted by Crippen LogP contribution is -2.29. The van der Waals surface area contributed by atoms with Gasteiger partial charge in [-0.05, 0) is 42.5 Å². The van der Waals surface area contributed by atoms with E-state index in [1.165, 1.54) is 12.1 Å². The van der Waals surface area contributed by atoms with Crippen molar-refractivity contribution in [1.82, 2.24) is 10.3 Å². The monoisotopic (exact) mass is 357 g/mol. The number of nitrogens with zero attached hydrogens (tertiary/aromatic N) is 2. The molecule has 0 atom stereocenters. The molecule has 1 aliphatic rings. The zero-order valence-corrected chi connectivity index (χ0v) is 14.3. The van der Waals surface area contributed by atoms with Gasteiger partial charge in [-0.1, -0.05) is 24.3 Å². The van der Waals surface area contributed by atoms with Crippen LogP contribution in [0.1, 0.15) is 36.8 Å². The molecule has 0 radical (unpaired) electrons. The second kappa shape index (κ2) is 6.84. The maximum Gasteiger partial charge on any atom is 0.266 e. The summed E-state index contributed by atoms with van der Waals surface area (Å²) in [4.78, 5) is 43.0. The van der Waals surface area contributed by atoms with Gasteiger partial charge in [-0.15, -0.1) is 0 Å². The molecule has 0 saturated heterocycles. The Bertz CT molecular complexity index is 1030. The normalized spacial score (nSPS) is 12.8. The van der Waals surface area contributed by atoms with Crippen LogP contribution in [-0.2, 0) is 6.54 Å². The molecule has 1 N–H and O–H groups in total. The van der Waals surface area contributed by atoms with Gasteiger partial charge in [0.15, 0.2) is 0 Å². The number of benzene rings is 2. The first-order valence-corrected chi connectivity index (χ1v) is 8.41. The lowest BCUT2D eigenvalue weighted by molar-refractivity contribution is 0.0923. The highest BCUT2D eigenvalue weighted by molar-refractivity contribution is 6.34. The molecule has 4 rings (SSSR count). The Kier molecular flexibility index (Phi) is 4.22. The molecule has 1 aromatic heterocycles. The highest BCUT2D eigenvalue weighted by Gasteiger charge is 2.37. The molecule has 2 heterocycles. The summed E-state index contributed by atoms with van der Waals surface area (Å²) in [6, 6.07) is 18.7. The fourth-order valence-electron chi connectivity index (χ4n) is 2.97. The number of nitrogens with one attached hydrogen (secondary N) is 1. The van der Waals surface area contributed by atoms with Gasteiger partial charge in [0.05, 0.1) is 29.1 Å². The maximum absolute atomic E-state index is 12.7. The van der Waals surface area contributed by atoms with E-state index in [-0.39, 0.29) is 23.9 Å². The Balaban J connectivity index is 1.56. The molecule has 6 heteroatoms. The highest BCUT2D eigenvalue weighted by atomic mass is 16.2. The fourth-order valence-corrected chi connectivity index (χ4v) is 2.97. The first-order valence-electron chi connectivity index (χ1n) is 8.41. The van der Waals surface area contributed by atoms with Crippen LogP contribution in [0, 0.1) is 0 Å². The summed E-state index contributed by atoms with van der Waals surface area (Å²) in [5, 5.41) is 2.76. The Morgan fingerprint density at radius 3 is 2.37 bits per heavy atom. The molecule has 0 spiro atoms. The number of para-hydroxylation sites is 1. The molecule has 132 valence electrons.